The molecule has 0 aromatic carbocycles. The molecule has 0 aromatic rings. The number of rotatable bonds is 37. The van der Waals surface area contributed by atoms with E-state index in [1.54, 1.807) is 0 Å². The molecular formula is C45H82O9. The van der Waals surface area contributed by atoms with E-state index in [4.69, 9.17) is 18.9 Å². The molecule has 1 rings (SSSR count). The van der Waals surface area contributed by atoms with Crippen molar-refractivity contribution in [3.8, 4) is 0 Å². The van der Waals surface area contributed by atoms with Crippen molar-refractivity contribution in [3.63, 3.8) is 0 Å². The molecule has 0 bridgehead atoms. The lowest BCUT2D eigenvalue weighted by molar-refractivity contribution is -0.305. The minimum Gasteiger partial charge on any atom is -0.457 e. The van der Waals surface area contributed by atoms with Gasteiger partial charge in [0.05, 0.1) is 19.8 Å². The highest BCUT2D eigenvalue weighted by molar-refractivity contribution is 5.69. The van der Waals surface area contributed by atoms with Gasteiger partial charge >= 0.3 is 5.97 Å². The number of aliphatic hydroxyl groups excluding tert-OH is 4. The molecular weight excluding hydrogens is 684 g/mol. The molecule has 0 aromatic heterocycles. The number of ether oxygens (including phenoxy) is 4. The molecule has 9 heteroatoms. The Hall–Kier alpha value is -1.59. The molecule has 54 heavy (non-hydrogen) atoms. The molecule has 9 nitrogen and oxygen atoms in total. The number of carbonyl (C=O) groups excluding carboxylic acids is 1. The Kier molecular flexibility index (Phi) is 34.6. The van der Waals surface area contributed by atoms with Gasteiger partial charge in [0.15, 0.2) is 6.29 Å². The predicted molar refractivity (Wildman–Crippen MR) is 219 cm³/mol. The van der Waals surface area contributed by atoms with E-state index in [0.717, 1.165) is 64.2 Å². The van der Waals surface area contributed by atoms with Gasteiger partial charge in [0.1, 0.15) is 30.5 Å². The monoisotopic (exact) mass is 767 g/mol. The van der Waals surface area contributed by atoms with Crippen molar-refractivity contribution in [2.45, 2.75) is 218 Å². The minimum atomic E-state index is -1.54. The van der Waals surface area contributed by atoms with Gasteiger partial charge in [0.2, 0.25) is 0 Å². The summed E-state index contributed by atoms with van der Waals surface area (Å²) in [6, 6.07) is 0. The van der Waals surface area contributed by atoms with Crippen molar-refractivity contribution in [3.05, 3.63) is 36.5 Å². The van der Waals surface area contributed by atoms with E-state index in [9.17, 15) is 25.2 Å². The summed E-state index contributed by atoms with van der Waals surface area (Å²) in [5, 5.41) is 40.1. The first-order valence-electron chi connectivity index (χ1n) is 22.1. The molecule has 0 saturated carbocycles. The highest BCUT2D eigenvalue weighted by atomic mass is 16.7. The van der Waals surface area contributed by atoms with Crippen LogP contribution >= 0.6 is 0 Å². The number of unbranched alkanes of at least 4 members (excludes halogenated alkanes) is 20. The van der Waals surface area contributed by atoms with Crippen LogP contribution in [-0.4, -0.2) is 89.6 Å². The Morgan fingerprint density at radius 2 is 1.07 bits per heavy atom. The van der Waals surface area contributed by atoms with Crippen molar-refractivity contribution >= 4 is 5.97 Å². The topological polar surface area (TPSA) is 135 Å². The van der Waals surface area contributed by atoms with Gasteiger partial charge in [-0.3, -0.25) is 4.79 Å². The quantitative estimate of drug-likeness (QED) is 0.0277. The van der Waals surface area contributed by atoms with Gasteiger partial charge in [-0.25, -0.2) is 0 Å². The Morgan fingerprint density at radius 3 is 1.63 bits per heavy atom. The van der Waals surface area contributed by atoms with Gasteiger partial charge < -0.3 is 39.4 Å². The summed E-state index contributed by atoms with van der Waals surface area (Å²) in [5.41, 5.74) is 0. The standard InChI is InChI=1S/C45H82O9/c1-3-5-7-9-11-13-15-17-19-20-22-24-26-28-30-32-34-41(47)53-39(38-52-45-44(50)43(49)42(48)40(36-46)54-45)37-51-35-33-31-29-27-25-23-21-18-16-14-12-10-8-6-4-2/h13,15-16,18-20,39-40,42-46,48-50H,3-12,14,17,21-38H2,1-2H3/b15-13-,18-16-,20-19-. The molecule has 0 aliphatic carbocycles. The smallest absolute Gasteiger partial charge is 0.306 e. The summed E-state index contributed by atoms with van der Waals surface area (Å²) in [6.45, 7) is 4.50. The molecule has 0 amide bonds. The van der Waals surface area contributed by atoms with Crippen LogP contribution in [0.1, 0.15) is 181 Å². The molecule has 1 aliphatic rings. The van der Waals surface area contributed by atoms with E-state index < -0.39 is 43.4 Å². The number of hydrogen-bond donors (Lipinski definition) is 4. The molecule has 1 fully saturated rings. The summed E-state index contributed by atoms with van der Waals surface area (Å²) in [5.74, 6) is -0.329. The van der Waals surface area contributed by atoms with Gasteiger partial charge in [-0.2, -0.15) is 0 Å². The SMILES string of the molecule is CCCCCC/C=C\C/C=C\CCCCCCCC(=O)OC(COCCCCCCCC/C=C\CCCCCCC)COC1OC(CO)C(O)C(O)C1O. The maximum absolute atomic E-state index is 12.8. The lowest BCUT2D eigenvalue weighted by atomic mass is 9.99. The molecule has 6 unspecified atom stereocenters. The number of hydrogen-bond acceptors (Lipinski definition) is 9. The van der Waals surface area contributed by atoms with E-state index >= 15 is 0 Å². The fourth-order valence-electron chi connectivity index (χ4n) is 6.52. The second kappa shape index (κ2) is 37.0. The van der Waals surface area contributed by atoms with E-state index in [1.165, 1.54) is 96.3 Å². The summed E-state index contributed by atoms with van der Waals surface area (Å²) >= 11 is 0. The maximum atomic E-state index is 12.8. The largest absolute Gasteiger partial charge is 0.457 e. The Bertz CT molecular complexity index is 921. The fraction of sp³-hybridized carbons (Fsp3) is 0.844. The lowest BCUT2D eigenvalue weighted by Gasteiger charge is -2.39. The predicted octanol–water partition coefficient (Wildman–Crippen LogP) is 9.58. The lowest BCUT2D eigenvalue weighted by Crippen LogP contribution is -2.59. The zero-order valence-electron chi connectivity index (χ0n) is 34.5. The summed E-state index contributed by atoms with van der Waals surface area (Å²) in [7, 11) is 0. The molecule has 1 saturated heterocycles. The van der Waals surface area contributed by atoms with Crippen LogP contribution in [0.25, 0.3) is 0 Å². The van der Waals surface area contributed by atoms with Crippen LogP contribution in [0.5, 0.6) is 0 Å². The van der Waals surface area contributed by atoms with E-state index in [0.29, 0.717) is 13.0 Å². The van der Waals surface area contributed by atoms with Gasteiger partial charge in [-0.1, -0.05) is 140 Å². The average Bonchev–Trinajstić information content (AvgIpc) is 3.17. The first kappa shape index (κ1) is 50.4. The van der Waals surface area contributed by atoms with Gasteiger partial charge in [0.25, 0.3) is 0 Å². The number of allylic oxidation sites excluding steroid dienone is 6. The number of carbonyl (C=O) groups is 1. The molecule has 4 N–H and O–H groups in total. The molecule has 0 spiro atoms. The third-order valence-corrected chi connectivity index (χ3v) is 10.0. The Balaban J connectivity index is 2.30. The molecule has 6 atom stereocenters. The highest BCUT2D eigenvalue weighted by Gasteiger charge is 2.44. The second-order valence-corrected chi connectivity index (χ2v) is 15.1. The van der Waals surface area contributed by atoms with E-state index in [2.05, 4.69) is 50.3 Å². The van der Waals surface area contributed by atoms with Crippen molar-refractivity contribution < 1.29 is 44.2 Å². The van der Waals surface area contributed by atoms with E-state index in [-0.39, 0.29) is 19.2 Å². The highest BCUT2D eigenvalue weighted by Crippen LogP contribution is 2.22. The third-order valence-electron chi connectivity index (χ3n) is 10.0. The molecule has 1 aliphatic heterocycles. The van der Waals surface area contributed by atoms with Crippen molar-refractivity contribution in [1.82, 2.24) is 0 Å². The fourth-order valence-corrected chi connectivity index (χ4v) is 6.52. The molecule has 316 valence electrons. The van der Waals surface area contributed by atoms with Crippen LogP contribution in [0.4, 0.5) is 0 Å². The normalized spacial score (nSPS) is 21.2. The number of esters is 1. The zero-order valence-corrected chi connectivity index (χ0v) is 34.5. The van der Waals surface area contributed by atoms with Crippen molar-refractivity contribution in [2.75, 3.05) is 26.4 Å². The maximum Gasteiger partial charge on any atom is 0.306 e. The van der Waals surface area contributed by atoms with Crippen LogP contribution in [-0.2, 0) is 23.7 Å². The Labute approximate surface area is 330 Å². The van der Waals surface area contributed by atoms with Crippen LogP contribution in [0.15, 0.2) is 36.5 Å². The van der Waals surface area contributed by atoms with Crippen LogP contribution < -0.4 is 0 Å². The van der Waals surface area contributed by atoms with Crippen LogP contribution in [0, 0.1) is 0 Å². The van der Waals surface area contributed by atoms with Crippen LogP contribution in [0.2, 0.25) is 0 Å². The summed E-state index contributed by atoms with van der Waals surface area (Å²) in [4.78, 5) is 12.8. The van der Waals surface area contributed by atoms with Crippen molar-refractivity contribution in [1.29, 1.82) is 0 Å². The summed E-state index contributed by atoms with van der Waals surface area (Å²) in [6.07, 6.45) is 35.9. The average molecular weight is 767 g/mol. The Morgan fingerprint density at radius 1 is 0.593 bits per heavy atom. The first-order chi connectivity index (χ1) is 26.4. The van der Waals surface area contributed by atoms with Gasteiger partial charge in [-0.15, -0.1) is 0 Å². The summed E-state index contributed by atoms with van der Waals surface area (Å²) < 4.78 is 22.8. The van der Waals surface area contributed by atoms with Gasteiger partial charge in [0, 0.05) is 13.0 Å². The minimum absolute atomic E-state index is 0.121. The zero-order chi connectivity index (χ0) is 39.3. The molecule has 0 radical (unpaired) electrons. The van der Waals surface area contributed by atoms with Crippen LogP contribution in [0.3, 0.4) is 0 Å². The third kappa shape index (κ3) is 27.9. The van der Waals surface area contributed by atoms with Gasteiger partial charge in [-0.05, 0) is 70.6 Å². The first-order valence-corrected chi connectivity index (χ1v) is 22.1. The van der Waals surface area contributed by atoms with E-state index in [1.807, 2.05) is 0 Å². The van der Waals surface area contributed by atoms with Crippen molar-refractivity contribution in [2.24, 2.45) is 0 Å². The second-order valence-electron chi connectivity index (χ2n) is 15.1. The number of aliphatic hydroxyl groups is 4. The molecule has 1 heterocycles.